The normalized spacial score (nSPS) is 22.2. The lowest BCUT2D eigenvalue weighted by Gasteiger charge is -2.37. The molecule has 1 N–H and O–H groups in total. The van der Waals surface area contributed by atoms with Gasteiger partial charge in [-0.1, -0.05) is 42.8 Å². The van der Waals surface area contributed by atoms with E-state index in [1.165, 1.54) is 34.9 Å². The van der Waals surface area contributed by atoms with Gasteiger partial charge >= 0.3 is 6.01 Å². The van der Waals surface area contributed by atoms with Gasteiger partial charge in [-0.2, -0.15) is 15.2 Å². The van der Waals surface area contributed by atoms with Crippen LogP contribution in [0.3, 0.4) is 0 Å². The van der Waals surface area contributed by atoms with Gasteiger partial charge in [-0.05, 0) is 44.3 Å². The zero-order valence-electron chi connectivity index (χ0n) is 22.3. The highest BCUT2D eigenvalue weighted by Gasteiger charge is 2.29. The van der Waals surface area contributed by atoms with E-state index >= 15 is 0 Å². The number of hydrogen-bond donors (Lipinski definition) is 1. The fourth-order valence-electron chi connectivity index (χ4n) is 6.19. The molecule has 3 aromatic rings. The van der Waals surface area contributed by atoms with Gasteiger partial charge in [0.2, 0.25) is 0 Å². The zero-order valence-corrected chi connectivity index (χ0v) is 22.3. The van der Waals surface area contributed by atoms with Crippen molar-refractivity contribution in [3.8, 4) is 12.1 Å². The van der Waals surface area contributed by atoms with Crippen LogP contribution >= 0.6 is 0 Å². The molecule has 3 aliphatic rings. The summed E-state index contributed by atoms with van der Waals surface area (Å²) >= 11 is 0. The number of benzene rings is 2. The average molecular weight is 512 g/mol. The van der Waals surface area contributed by atoms with Gasteiger partial charge in [0.25, 0.3) is 0 Å². The SMILES string of the molecule is CN1CCCCC1COc1nc2c(c(N3CCN[C@@H](CC#N)C3)n1)CCN(c1cccc3ccccc13)C2. The lowest BCUT2D eigenvalue weighted by molar-refractivity contribution is 0.119. The number of rotatable bonds is 6. The smallest absolute Gasteiger partial charge is 0.318 e. The summed E-state index contributed by atoms with van der Waals surface area (Å²) in [6, 6.07) is 18.5. The first kappa shape index (κ1) is 24.9. The van der Waals surface area contributed by atoms with E-state index in [0.29, 0.717) is 25.1 Å². The molecule has 0 amide bonds. The molecule has 38 heavy (non-hydrogen) atoms. The Morgan fingerprint density at radius 2 is 1.95 bits per heavy atom. The number of nitrogens with one attached hydrogen (secondary N) is 1. The van der Waals surface area contributed by atoms with Crippen molar-refractivity contribution in [2.75, 3.05) is 56.2 Å². The Morgan fingerprint density at radius 1 is 1.05 bits per heavy atom. The number of fused-ring (bicyclic) bond motifs is 2. The fourth-order valence-corrected chi connectivity index (χ4v) is 6.19. The van der Waals surface area contributed by atoms with Crippen molar-refractivity contribution in [3.63, 3.8) is 0 Å². The van der Waals surface area contributed by atoms with E-state index < -0.39 is 0 Å². The van der Waals surface area contributed by atoms with E-state index in [2.05, 4.69) is 75.6 Å². The Hall–Kier alpha value is -3.41. The molecule has 0 radical (unpaired) electrons. The molecule has 0 bridgehead atoms. The van der Waals surface area contributed by atoms with Crippen LogP contribution in [0.1, 0.15) is 36.9 Å². The van der Waals surface area contributed by atoms with Gasteiger partial charge in [-0.15, -0.1) is 0 Å². The Kier molecular flexibility index (Phi) is 7.30. The van der Waals surface area contributed by atoms with Crippen LogP contribution in [-0.4, -0.2) is 73.3 Å². The van der Waals surface area contributed by atoms with E-state index in [4.69, 9.17) is 14.7 Å². The van der Waals surface area contributed by atoms with Crippen molar-refractivity contribution in [3.05, 3.63) is 53.7 Å². The van der Waals surface area contributed by atoms with Crippen molar-refractivity contribution in [2.24, 2.45) is 0 Å². The molecule has 8 heteroatoms. The highest BCUT2D eigenvalue weighted by Crippen LogP contribution is 2.34. The van der Waals surface area contributed by atoms with Gasteiger partial charge < -0.3 is 24.8 Å². The lowest BCUT2D eigenvalue weighted by Crippen LogP contribution is -2.51. The molecule has 0 saturated carbocycles. The largest absolute Gasteiger partial charge is 0.462 e. The van der Waals surface area contributed by atoms with Crippen LogP contribution < -0.4 is 19.9 Å². The molecule has 2 fully saturated rings. The summed E-state index contributed by atoms with van der Waals surface area (Å²) in [4.78, 5) is 17.2. The lowest BCUT2D eigenvalue weighted by atomic mass is 10.0. The number of piperidine rings is 1. The molecular weight excluding hydrogens is 474 g/mol. The van der Waals surface area contributed by atoms with E-state index in [-0.39, 0.29) is 6.04 Å². The minimum absolute atomic E-state index is 0.149. The van der Waals surface area contributed by atoms with Crippen LogP contribution in [0.2, 0.25) is 0 Å². The van der Waals surface area contributed by atoms with Gasteiger partial charge in [-0.25, -0.2) is 0 Å². The van der Waals surface area contributed by atoms with E-state index in [0.717, 1.165) is 63.6 Å². The minimum atomic E-state index is 0.149. The van der Waals surface area contributed by atoms with Crippen LogP contribution in [0.4, 0.5) is 11.5 Å². The summed E-state index contributed by atoms with van der Waals surface area (Å²) in [7, 11) is 2.18. The van der Waals surface area contributed by atoms with Crippen LogP contribution in [0.15, 0.2) is 42.5 Å². The first-order valence-electron chi connectivity index (χ1n) is 14.0. The molecule has 6 rings (SSSR count). The van der Waals surface area contributed by atoms with Crippen molar-refractivity contribution >= 4 is 22.3 Å². The predicted molar refractivity (Wildman–Crippen MR) is 151 cm³/mol. The standard InChI is InChI=1S/C30H37N7O/c1-35-16-5-4-9-24(35)21-38-30-33-27-20-36(28-11-6-8-22-7-2-3-10-25(22)28)17-13-26(27)29(34-30)37-18-15-32-23(19-37)12-14-31/h2-3,6-8,10-11,23-24,32H,4-5,9,12-13,15-21H2,1H3/t23-,24?/m0/s1. The highest BCUT2D eigenvalue weighted by atomic mass is 16.5. The van der Waals surface area contributed by atoms with Crippen molar-refractivity contribution < 1.29 is 4.74 Å². The van der Waals surface area contributed by atoms with Gasteiger partial charge in [0.05, 0.1) is 24.7 Å². The molecule has 198 valence electrons. The number of anilines is 2. The molecule has 0 spiro atoms. The van der Waals surface area contributed by atoms with Crippen molar-refractivity contribution in [2.45, 2.75) is 50.7 Å². The van der Waals surface area contributed by atoms with Crippen molar-refractivity contribution in [1.82, 2.24) is 20.2 Å². The maximum Gasteiger partial charge on any atom is 0.318 e. The van der Waals surface area contributed by atoms with Gasteiger partial charge in [0.1, 0.15) is 12.4 Å². The number of hydrogen-bond acceptors (Lipinski definition) is 8. The van der Waals surface area contributed by atoms with E-state index in [1.807, 2.05) is 0 Å². The molecule has 3 aliphatic heterocycles. The topological polar surface area (TPSA) is 80.5 Å². The molecular formula is C30H37N7O. The average Bonchev–Trinajstić information content (AvgIpc) is 2.96. The zero-order chi connectivity index (χ0) is 25.9. The third kappa shape index (κ3) is 5.13. The number of nitrogens with zero attached hydrogens (tertiary/aromatic N) is 6. The number of likely N-dealkylation sites (N-methyl/N-ethyl adjacent to an activating group) is 1. The molecule has 2 saturated heterocycles. The molecule has 1 aromatic heterocycles. The Bertz CT molecular complexity index is 1320. The van der Waals surface area contributed by atoms with Crippen LogP contribution in [-0.2, 0) is 13.0 Å². The van der Waals surface area contributed by atoms with Gasteiger partial charge in [0, 0.05) is 54.9 Å². The summed E-state index contributed by atoms with van der Waals surface area (Å²) in [5, 5.41) is 15.3. The Morgan fingerprint density at radius 3 is 2.84 bits per heavy atom. The first-order valence-corrected chi connectivity index (χ1v) is 14.0. The highest BCUT2D eigenvalue weighted by molar-refractivity contribution is 5.94. The van der Waals surface area contributed by atoms with Crippen molar-refractivity contribution in [1.29, 1.82) is 5.26 Å². The quantitative estimate of drug-likeness (QED) is 0.536. The molecule has 0 aliphatic carbocycles. The maximum absolute atomic E-state index is 9.28. The summed E-state index contributed by atoms with van der Waals surface area (Å²) in [5.74, 6) is 0.990. The maximum atomic E-state index is 9.28. The number of ether oxygens (including phenoxy) is 1. The summed E-state index contributed by atoms with van der Waals surface area (Å²) < 4.78 is 6.32. The number of piperazine rings is 1. The second kappa shape index (κ2) is 11.1. The second-order valence-corrected chi connectivity index (χ2v) is 10.8. The third-order valence-corrected chi connectivity index (χ3v) is 8.35. The number of aromatic nitrogens is 2. The minimum Gasteiger partial charge on any atom is -0.462 e. The third-order valence-electron chi connectivity index (χ3n) is 8.35. The monoisotopic (exact) mass is 511 g/mol. The number of likely N-dealkylation sites (tertiary alicyclic amines) is 1. The molecule has 2 aromatic carbocycles. The molecule has 1 unspecified atom stereocenters. The summed E-state index contributed by atoms with van der Waals surface area (Å²) in [5.41, 5.74) is 3.52. The number of nitriles is 1. The Balaban J connectivity index is 1.31. The molecule has 4 heterocycles. The predicted octanol–water partition coefficient (Wildman–Crippen LogP) is 3.75. The van der Waals surface area contributed by atoms with Gasteiger partial charge in [0.15, 0.2) is 0 Å². The second-order valence-electron chi connectivity index (χ2n) is 10.8. The van der Waals surface area contributed by atoms with Gasteiger partial charge in [-0.3, -0.25) is 0 Å². The first-order chi connectivity index (χ1) is 18.7. The van der Waals surface area contributed by atoms with E-state index in [9.17, 15) is 5.26 Å². The summed E-state index contributed by atoms with van der Waals surface area (Å²) in [6.45, 7) is 5.85. The van der Waals surface area contributed by atoms with Crippen LogP contribution in [0.5, 0.6) is 6.01 Å². The Labute approximate surface area is 225 Å². The van der Waals surface area contributed by atoms with Crippen LogP contribution in [0, 0.1) is 11.3 Å². The molecule has 2 atom stereocenters. The van der Waals surface area contributed by atoms with E-state index in [1.54, 1.807) is 0 Å². The molecule has 8 nitrogen and oxygen atoms in total. The van der Waals surface area contributed by atoms with Crippen LogP contribution in [0.25, 0.3) is 10.8 Å². The fraction of sp³-hybridized carbons (Fsp3) is 0.500. The summed E-state index contributed by atoms with van der Waals surface area (Å²) in [6.07, 6.45) is 5.03.